The Balaban J connectivity index is 2.53. The van der Waals surface area contributed by atoms with Crippen molar-refractivity contribution >= 4 is 16.9 Å². The van der Waals surface area contributed by atoms with Crippen molar-refractivity contribution < 1.29 is 14.3 Å². The van der Waals surface area contributed by atoms with Crippen LogP contribution in [0.2, 0.25) is 0 Å². The van der Waals surface area contributed by atoms with Gasteiger partial charge in [0, 0.05) is 34.5 Å². The van der Waals surface area contributed by atoms with Gasteiger partial charge in [-0.05, 0) is 38.5 Å². The van der Waals surface area contributed by atoms with Crippen molar-refractivity contribution in [3.05, 3.63) is 42.1 Å². The maximum Gasteiger partial charge on any atom is 0.323 e. The Morgan fingerprint density at radius 2 is 2.07 bits per heavy atom. The van der Waals surface area contributed by atoms with Gasteiger partial charge in [-0.25, -0.2) is 0 Å². The van der Waals surface area contributed by atoms with Crippen LogP contribution < -0.4 is 10.5 Å². The van der Waals surface area contributed by atoms with Crippen LogP contribution in [0.3, 0.4) is 0 Å². The summed E-state index contributed by atoms with van der Waals surface area (Å²) < 4.78 is 11.0. The number of carbonyl (C=O) groups excluding carboxylic acids is 1. The summed E-state index contributed by atoms with van der Waals surface area (Å²) in [5.41, 5.74) is 7.90. The Labute approximate surface area is 167 Å². The molecule has 3 N–H and O–H groups in total. The van der Waals surface area contributed by atoms with E-state index in [2.05, 4.69) is 31.3 Å². The van der Waals surface area contributed by atoms with Crippen LogP contribution in [0, 0.1) is 12.3 Å². The van der Waals surface area contributed by atoms with E-state index in [0.717, 1.165) is 22.2 Å². The van der Waals surface area contributed by atoms with E-state index in [9.17, 15) is 4.79 Å². The van der Waals surface area contributed by atoms with Gasteiger partial charge in [-0.15, -0.1) is 13.0 Å². The highest BCUT2D eigenvalue weighted by Gasteiger charge is 2.27. The highest BCUT2D eigenvalue weighted by Crippen LogP contribution is 2.35. The van der Waals surface area contributed by atoms with Gasteiger partial charge < -0.3 is 20.2 Å². The first-order chi connectivity index (χ1) is 13.0. The fraction of sp³-hybridized carbons (Fsp3) is 0.435. The molecule has 0 amide bonds. The Kier molecular flexibility index (Phi) is 6.26. The van der Waals surface area contributed by atoms with E-state index in [4.69, 9.17) is 21.6 Å². The number of fused-ring (bicyclic) bond motifs is 1. The van der Waals surface area contributed by atoms with Crippen molar-refractivity contribution in [2.45, 2.75) is 58.1 Å². The number of hydrogen-bond donors (Lipinski definition) is 2. The molecule has 1 heterocycles. The second-order valence-corrected chi connectivity index (χ2v) is 7.93. The molecular weight excluding hydrogens is 352 g/mol. The molecule has 1 aromatic carbocycles. The Bertz CT molecular complexity index is 916. The van der Waals surface area contributed by atoms with Crippen LogP contribution in [0.4, 0.5) is 0 Å². The van der Waals surface area contributed by atoms with Crippen molar-refractivity contribution in [3.63, 3.8) is 0 Å². The summed E-state index contributed by atoms with van der Waals surface area (Å²) >= 11 is 0. The zero-order valence-electron chi connectivity index (χ0n) is 17.4. The first-order valence-corrected chi connectivity index (χ1v) is 9.42. The maximum atomic E-state index is 12.1. The van der Waals surface area contributed by atoms with Gasteiger partial charge in [-0.1, -0.05) is 25.8 Å². The monoisotopic (exact) mass is 382 g/mol. The second kappa shape index (κ2) is 8.12. The Morgan fingerprint density at radius 3 is 2.64 bits per heavy atom. The summed E-state index contributed by atoms with van der Waals surface area (Å²) in [6, 6.07) is 5.01. The van der Waals surface area contributed by atoms with Crippen molar-refractivity contribution in [2.75, 3.05) is 6.61 Å². The lowest BCUT2D eigenvalue weighted by Gasteiger charge is -2.22. The zero-order valence-corrected chi connectivity index (χ0v) is 17.4. The largest absolute Gasteiger partial charge is 0.475 e. The summed E-state index contributed by atoms with van der Waals surface area (Å²) in [5.74, 6) is 2.88. The van der Waals surface area contributed by atoms with E-state index >= 15 is 0 Å². The number of hydrogen-bond acceptors (Lipinski definition) is 4. The normalized spacial score (nSPS) is 13.0. The van der Waals surface area contributed by atoms with Crippen LogP contribution in [-0.4, -0.2) is 29.2 Å². The summed E-state index contributed by atoms with van der Waals surface area (Å²) in [7, 11) is 0. The van der Waals surface area contributed by atoms with Crippen LogP contribution in [0.5, 0.6) is 5.75 Å². The molecule has 5 nitrogen and oxygen atoms in total. The molecule has 1 atom stereocenters. The van der Waals surface area contributed by atoms with Gasteiger partial charge in [0.1, 0.15) is 11.8 Å². The molecule has 0 aliphatic heterocycles. The van der Waals surface area contributed by atoms with Gasteiger partial charge in [0.05, 0.1) is 6.61 Å². The Hall–Kier alpha value is -2.71. The van der Waals surface area contributed by atoms with Crippen molar-refractivity contribution in [2.24, 2.45) is 5.73 Å². The fourth-order valence-electron chi connectivity index (χ4n) is 3.04. The molecular formula is C23H30N2O3. The summed E-state index contributed by atoms with van der Waals surface area (Å²) in [6.07, 6.45) is 7.76. The molecule has 0 spiro atoms. The number of ether oxygens (including phenoxy) is 2. The lowest BCUT2D eigenvalue weighted by molar-refractivity contribution is -0.144. The number of nitrogens with one attached hydrogen (secondary N) is 1. The van der Waals surface area contributed by atoms with Gasteiger partial charge >= 0.3 is 5.97 Å². The summed E-state index contributed by atoms with van der Waals surface area (Å²) in [6.45, 7) is 13.8. The molecule has 0 bridgehead atoms. The standard InChI is InChI=1S/C23H30N2O3/c1-8-22(4,5)20-17(14-18(24)21(26)27-10-3)16-12-11-15(13-19(16)25-20)28-23(6,7)9-2/h2,8,11-13,18,25H,1,10,14,24H2,3-7H3. The lowest BCUT2D eigenvalue weighted by Crippen LogP contribution is -2.35. The van der Waals surface area contributed by atoms with Crippen molar-refractivity contribution in [3.8, 4) is 18.1 Å². The van der Waals surface area contributed by atoms with E-state index in [1.165, 1.54) is 0 Å². The highest BCUT2D eigenvalue weighted by molar-refractivity contribution is 5.87. The molecule has 0 aliphatic rings. The number of esters is 1. The van der Waals surface area contributed by atoms with Gasteiger partial charge in [-0.3, -0.25) is 4.79 Å². The SMILES string of the molecule is C#CC(C)(C)Oc1ccc2c(CC(N)C(=O)OCC)c(C(C)(C)C=C)[nH]c2c1. The molecule has 0 fully saturated rings. The minimum atomic E-state index is -0.741. The number of H-pyrrole nitrogens is 1. The average Bonchev–Trinajstić information content (AvgIpc) is 3.00. The van der Waals surface area contributed by atoms with E-state index in [-0.39, 0.29) is 5.41 Å². The van der Waals surface area contributed by atoms with E-state index in [1.807, 2.05) is 38.1 Å². The molecule has 0 saturated carbocycles. The predicted octanol–water partition coefficient (Wildman–Crippen LogP) is 3.86. The molecule has 0 saturated heterocycles. The summed E-state index contributed by atoms with van der Waals surface area (Å²) in [5, 5.41) is 0.982. The van der Waals surface area contributed by atoms with Crippen molar-refractivity contribution in [1.82, 2.24) is 4.98 Å². The molecule has 2 aromatic rings. The summed E-state index contributed by atoms with van der Waals surface area (Å²) in [4.78, 5) is 15.5. The van der Waals surface area contributed by atoms with Crippen LogP contribution >= 0.6 is 0 Å². The van der Waals surface area contributed by atoms with Crippen LogP contribution in [0.1, 0.15) is 45.9 Å². The third-order valence-corrected chi connectivity index (χ3v) is 4.77. The molecule has 5 heteroatoms. The van der Waals surface area contributed by atoms with Gasteiger partial charge in [0.2, 0.25) is 0 Å². The molecule has 150 valence electrons. The molecule has 28 heavy (non-hydrogen) atoms. The third-order valence-electron chi connectivity index (χ3n) is 4.77. The maximum absolute atomic E-state index is 12.1. The molecule has 1 aromatic heterocycles. The minimum Gasteiger partial charge on any atom is -0.475 e. The zero-order chi connectivity index (χ0) is 21.1. The molecule has 2 rings (SSSR count). The predicted molar refractivity (Wildman–Crippen MR) is 113 cm³/mol. The second-order valence-electron chi connectivity index (χ2n) is 7.93. The average molecular weight is 383 g/mol. The Morgan fingerprint density at radius 1 is 1.39 bits per heavy atom. The van der Waals surface area contributed by atoms with Crippen molar-refractivity contribution in [1.29, 1.82) is 0 Å². The number of nitrogens with two attached hydrogens (primary N) is 1. The molecule has 0 radical (unpaired) electrons. The fourth-order valence-corrected chi connectivity index (χ4v) is 3.04. The number of allylic oxidation sites excluding steroid dienone is 1. The number of terminal acetylenes is 1. The van der Waals surface area contributed by atoms with E-state index in [0.29, 0.717) is 18.8 Å². The minimum absolute atomic E-state index is 0.303. The number of aromatic nitrogens is 1. The number of benzene rings is 1. The smallest absolute Gasteiger partial charge is 0.323 e. The van der Waals surface area contributed by atoms with Crippen LogP contribution in [-0.2, 0) is 21.4 Å². The van der Waals surface area contributed by atoms with Gasteiger partial charge in [-0.2, -0.15) is 0 Å². The molecule has 0 aliphatic carbocycles. The van der Waals surface area contributed by atoms with Gasteiger partial charge in [0.15, 0.2) is 5.60 Å². The topological polar surface area (TPSA) is 77.3 Å². The first-order valence-electron chi connectivity index (χ1n) is 9.42. The van der Waals surface area contributed by atoms with Crippen LogP contribution in [0.25, 0.3) is 10.9 Å². The van der Waals surface area contributed by atoms with E-state index in [1.54, 1.807) is 6.92 Å². The number of aromatic amines is 1. The van der Waals surface area contributed by atoms with Crippen LogP contribution in [0.15, 0.2) is 30.9 Å². The highest BCUT2D eigenvalue weighted by atomic mass is 16.5. The number of carbonyl (C=O) groups is 1. The third kappa shape index (κ3) is 4.58. The first kappa shape index (κ1) is 21.6. The van der Waals surface area contributed by atoms with E-state index < -0.39 is 17.6 Å². The number of rotatable bonds is 8. The molecule has 1 unspecified atom stereocenters. The lowest BCUT2D eigenvalue weighted by atomic mass is 9.85. The quantitative estimate of drug-likeness (QED) is 0.413. The van der Waals surface area contributed by atoms with Gasteiger partial charge in [0.25, 0.3) is 0 Å².